The number of anilines is 1. The molecule has 1 amide bonds. The van der Waals surface area contributed by atoms with Gasteiger partial charge in [0.25, 0.3) is 15.0 Å². The number of nitrogens with one attached hydrogen (secondary N) is 1. The van der Waals surface area contributed by atoms with Crippen LogP contribution in [0.15, 0.2) is 41.6 Å². The minimum absolute atomic E-state index is 0.170. The number of hydrogen-bond acceptors (Lipinski definition) is 5. The molecule has 6 nitrogen and oxygen atoms in total. The molecular formula is C11H7ClFN3O3S. The molecular weight excluding hydrogens is 309 g/mol. The van der Waals surface area contributed by atoms with Crippen molar-refractivity contribution < 1.29 is 17.6 Å². The molecule has 9 heteroatoms. The SMILES string of the molecule is O=C(Nc1ccc(S(=O)(=O)Cl)cc1F)c1ccnnc1. The standard InChI is InChI=1S/C11H7ClFN3O3S/c12-20(18,19)8-1-2-10(9(13)5-8)16-11(17)7-3-4-14-15-6-7/h1-6H,(H,16,17). The quantitative estimate of drug-likeness (QED) is 0.872. The van der Waals surface area contributed by atoms with Crippen LogP contribution in [0.5, 0.6) is 0 Å². The first-order chi connectivity index (χ1) is 9.38. The van der Waals surface area contributed by atoms with E-state index >= 15 is 0 Å². The van der Waals surface area contributed by atoms with Crippen LogP contribution in [0.25, 0.3) is 0 Å². The van der Waals surface area contributed by atoms with Gasteiger partial charge in [-0.1, -0.05) is 0 Å². The van der Waals surface area contributed by atoms with Crippen molar-refractivity contribution in [3.63, 3.8) is 0 Å². The number of benzene rings is 1. The van der Waals surface area contributed by atoms with Crippen LogP contribution in [0.1, 0.15) is 10.4 Å². The fourth-order valence-corrected chi connectivity index (χ4v) is 2.13. The summed E-state index contributed by atoms with van der Waals surface area (Å²) < 4.78 is 35.8. The molecule has 0 saturated heterocycles. The lowest BCUT2D eigenvalue weighted by molar-refractivity contribution is 0.102. The van der Waals surface area contributed by atoms with E-state index in [1.54, 1.807) is 0 Å². The van der Waals surface area contributed by atoms with Crippen molar-refractivity contribution >= 4 is 31.3 Å². The van der Waals surface area contributed by atoms with E-state index in [9.17, 15) is 17.6 Å². The first-order valence-electron chi connectivity index (χ1n) is 5.20. The normalized spacial score (nSPS) is 11.1. The van der Waals surface area contributed by atoms with Crippen molar-refractivity contribution in [2.75, 3.05) is 5.32 Å². The molecule has 0 bridgehead atoms. The summed E-state index contributed by atoms with van der Waals surface area (Å²) in [4.78, 5) is 11.4. The first-order valence-corrected chi connectivity index (χ1v) is 7.51. The highest BCUT2D eigenvalue weighted by molar-refractivity contribution is 8.13. The Balaban J connectivity index is 2.25. The largest absolute Gasteiger partial charge is 0.319 e. The molecule has 1 heterocycles. The lowest BCUT2D eigenvalue weighted by atomic mass is 10.2. The van der Waals surface area contributed by atoms with Gasteiger partial charge in [-0.2, -0.15) is 10.2 Å². The summed E-state index contributed by atoms with van der Waals surface area (Å²) in [6.07, 6.45) is 2.53. The summed E-state index contributed by atoms with van der Waals surface area (Å²) in [6.45, 7) is 0. The van der Waals surface area contributed by atoms with E-state index in [4.69, 9.17) is 10.7 Å². The van der Waals surface area contributed by atoms with Gasteiger partial charge in [0.1, 0.15) is 5.82 Å². The second kappa shape index (κ2) is 5.51. The van der Waals surface area contributed by atoms with Crippen molar-refractivity contribution in [3.8, 4) is 0 Å². The van der Waals surface area contributed by atoms with E-state index in [0.717, 1.165) is 18.2 Å². The van der Waals surface area contributed by atoms with E-state index in [0.29, 0.717) is 0 Å². The highest BCUT2D eigenvalue weighted by Gasteiger charge is 2.15. The van der Waals surface area contributed by atoms with Gasteiger partial charge in [0.05, 0.1) is 28.5 Å². The number of nitrogens with zero attached hydrogens (tertiary/aromatic N) is 2. The van der Waals surface area contributed by atoms with Gasteiger partial charge in [0.2, 0.25) is 0 Å². The summed E-state index contributed by atoms with van der Waals surface area (Å²) >= 11 is 0. The predicted molar refractivity (Wildman–Crippen MR) is 69.4 cm³/mol. The monoisotopic (exact) mass is 315 g/mol. The maximum atomic E-state index is 13.7. The third-order valence-electron chi connectivity index (χ3n) is 2.32. The molecule has 0 spiro atoms. The molecule has 2 rings (SSSR count). The molecule has 0 aliphatic rings. The van der Waals surface area contributed by atoms with Crippen molar-refractivity contribution in [3.05, 3.63) is 48.0 Å². The Morgan fingerprint density at radius 3 is 2.55 bits per heavy atom. The smallest absolute Gasteiger partial charge is 0.261 e. The Morgan fingerprint density at radius 1 is 1.25 bits per heavy atom. The molecule has 1 aromatic carbocycles. The Bertz CT molecular complexity index is 753. The van der Waals surface area contributed by atoms with Gasteiger partial charge < -0.3 is 5.32 Å². The molecule has 0 saturated carbocycles. The topological polar surface area (TPSA) is 89.0 Å². The minimum Gasteiger partial charge on any atom is -0.319 e. The van der Waals surface area contributed by atoms with Crippen LogP contribution < -0.4 is 5.32 Å². The molecule has 1 aromatic heterocycles. The summed E-state index contributed by atoms with van der Waals surface area (Å²) in [7, 11) is 1.07. The van der Waals surface area contributed by atoms with Gasteiger partial charge in [-0.25, -0.2) is 12.8 Å². The van der Waals surface area contributed by atoms with Crippen LogP contribution in [0.3, 0.4) is 0 Å². The Labute approximate surface area is 118 Å². The number of rotatable bonds is 3. The number of carbonyl (C=O) groups excluding carboxylic acids is 1. The van der Waals surface area contributed by atoms with Crippen LogP contribution in [-0.4, -0.2) is 24.5 Å². The summed E-state index contributed by atoms with van der Waals surface area (Å²) in [6, 6.07) is 4.32. The molecule has 0 fully saturated rings. The summed E-state index contributed by atoms with van der Waals surface area (Å²) in [5, 5.41) is 9.31. The fraction of sp³-hybridized carbons (Fsp3) is 0. The van der Waals surface area contributed by atoms with Crippen molar-refractivity contribution in [1.29, 1.82) is 0 Å². The molecule has 1 N–H and O–H groups in total. The molecule has 0 aliphatic heterocycles. The Hall–Kier alpha value is -2.06. The average molecular weight is 316 g/mol. The molecule has 20 heavy (non-hydrogen) atoms. The van der Waals surface area contributed by atoms with Crippen LogP contribution in [0.2, 0.25) is 0 Å². The van der Waals surface area contributed by atoms with E-state index in [1.165, 1.54) is 18.5 Å². The van der Waals surface area contributed by atoms with Gasteiger partial charge in [-0.05, 0) is 24.3 Å². The zero-order valence-electron chi connectivity index (χ0n) is 9.75. The van der Waals surface area contributed by atoms with Crippen LogP contribution in [0, 0.1) is 5.82 Å². The van der Waals surface area contributed by atoms with Crippen molar-refractivity contribution in [2.24, 2.45) is 0 Å². The first kappa shape index (κ1) is 14.4. The van der Waals surface area contributed by atoms with E-state index in [2.05, 4.69) is 15.5 Å². The highest BCUT2D eigenvalue weighted by atomic mass is 35.7. The van der Waals surface area contributed by atoms with Crippen molar-refractivity contribution in [2.45, 2.75) is 4.90 Å². The lowest BCUT2D eigenvalue weighted by Gasteiger charge is -2.06. The fourth-order valence-electron chi connectivity index (χ4n) is 1.37. The Kier molecular flexibility index (Phi) is 3.96. The van der Waals surface area contributed by atoms with Crippen LogP contribution in [-0.2, 0) is 9.05 Å². The Morgan fingerprint density at radius 2 is 2.00 bits per heavy atom. The van der Waals surface area contributed by atoms with E-state index in [-0.39, 0.29) is 16.1 Å². The van der Waals surface area contributed by atoms with Crippen LogP contribution >= 0.6 is 10.7 Å². The maximum absolute atomic E-state index is 13.7. The molecule has 0 unspecified atom stereocenters. The predicted octanol–water partition coefficient (Wildman–Crippen LogP) is 1.80. The van der Waals surface area contributed by atoms with Gasteiger partial charge in [-0.3, -0.25) is 4.79 Å². The summed E-state index contributed by atoms with van der Waals surface area (Å²) in [5.41, 5.74) is 0.0179. The molecule has 2 aromatic rings. The lowest BCUT2D eigenvalue weighted by Crippen LogP contribution is -2.13. The summed E-state index contributed by atoms with van der Waals surface area (Å²) in [5.74, 6) is -1.51. The third kappa shape index (κ3) is 3.28. The average Bonchev–Trinajstić information content (AvgIpc) is 2.41. The zero-order chi connectivity index (χ0) is 14.8. The molecule has 0 aliphatic carbocycles. The number of aromatic nitrogens is 2. The molecule has 0 atom stereocenters. The van der Waals surface area contributed by atoms with Gasteiger partial charge in [0, 0.05) is 10.7 Å². The second-order valence-corrected chi connectivity index (χ2v) is 6.23. The number of carbonyl (C=O) groups is 1. The number of amides is 1. The number of hydrogen-bond donors (Lipinski definition) is 1. The van der Waals surface area contributed by atoms with Crippen LogP contribution in [0.4, 0.5) is 10.1 Å². The van der Waals surface area contributed by atoms with Gasteiger partial charge in [0.15, 0.2) is 0 Å². The minimum atomic E-state index is -4.02. The van der Waals surface area contributed by atoms with Crippen molar-refractivity contribution in [1.82, 2.24) is 10.2 Å². The van der Waals surface area contributed by atoms with E-state index < -0.39 is 20.8 Å². The highest BCUT2D eigenvalue weighted by Crippen LogP contribution is 2.21. The van der Waals surface area contributed by atoms with Gasteiger partial charge in [-0.15, -0.1) is 0 Å². The van der Waals surface area contributed by atoms with Gasteiger partial charge >= 0.3 is 0 Å². The van der Waals surface area contributed by atoms with E-state index in [1.807, 2.05) is 0 Å². The molecule has 0 radical (unpaired) electrons. The number of halogens is 2. The second-order valence-electron chi connectivity index (χ2n) is 3.66. The molecule has 104 valence electrons. The maximum Gasteiger partial charge on any atom is 0.261 e. The third-order valence-corrected chi connectivity index (χ3v) is 3.67. The zero-order valence-corrected chi connectivity index (χ0v) is 11.3.